The van der Waals surface area contributed by atoms with Gasteiger partial charge in [-0.25, -0.2) is 18.7 Å². The Morgan fingerprint density at radius 1 is 1.00 bits per heavy atom. The third-order valence-corrected chi connectivity index (χ3v) is 8.64. The van der Waals surface area contributed by atoms with Gasteiger partial charge in [-0.3, -0.25) is 14.8 Å². The number of ether oxygens (including phenoxy) is 2. The summed E-state index contributed by atoms with van der Waals surface area (Å²) in [6, 6.07) is 8.69. The number of rotatable bonds is 11. The fourth-order valence-electron chi connectivity index (χ4n) is 6.69. The van der Waals surface area contributed by atoms with Crippen molar-refractivity contribution in [1.82, 2.24) is 25.1 Å². The molecule has 2 aromatic heterocycles. The van der Waals surface area contributed by atoms with E-state index < -0.39 is 17.5 Å². The van der Waals surface area contributed by atoms with Crippen molar-refractivity contribution in [1.29, 1.82) is 0 Å². The van der Waals surface area contributed by atoms with Crippen LogP contribution in [-0.4, -0.2) is 63.8 Å². The fourth-order valence-corrected chi connectivity index (χ4v) is 6.69. The monoisotopic (exact) mass is 649 g/mol. The van der Waals surface area contributed by atoms with Crippen LogP contribution in [0.15, 0.2) is 42.7 Å². The molecule has 2 unspecified atom stereocenters. The molecule has 1 amide bonds. The van der Waals surface area contributed by atoms with Gasteiger partial charge in [-0.1, -0.05) is 41.5 Å². The maximum absolute atomic E-state index is 13.5. The van der Waals surface area contributed by atoms with E-state index in [1.807, 2.05) is 12.1 Å². The smallest absolute Gasteiger partial charge is 0.230 e. The molecule has 47 heavy (non-hydrogen) atoms. The minimum atomic E-state index is -0.776. The van der Waals surface area contributed by atoms with Crippen molar-refractivity contribution >= 4 is 34.1 Å². The molecule has 1 fully saturated rings. The molecule has 252 valence electrons. The number of H-pyrrole nitrogens is 1. The average molecular weight is 650 g/mol. The van der Waals surface area contributed by atoms with Crippen LogP contribution in [0.2, 0.25) is 0 Å². The molecule has 0 aliphatic carbocycles. The Labute approximate surface area is 274 Å². The van der Waals surface area contributed by atoms with Crippen molar-refractivity contribution in [3.8, 4) is 11.5 Å². The minimum Gasteiger partial charge on any atom is -0.493 e. The van der Waals surface area contributed by atoms with Gasteiger partial charge in [-0.05, 0) is 54.3 Å². The van der Waals surface area contributed by atoms with Crippen LogP contribution in [-0.2, 0) is 11.2 Å². The number of carbonyl (C=O) groups is 1. The number of halogens is 2. The number of nitrogens with zero attached hydrogens (tertiary/aromatic N) is 4. The largest absolute Gasteiger partial charge is 0.493 e. The van der Waals surface area contributed by atoms with Crippen LogP contribution >= 0.6 is 0 Å². The molecule has 1 saturated heterocycles. The highest BCUT2D eigenvalue weighted by Gasteiger charge is 2.45. The molecule has 1 aliphatic heterocycles. The van der Waals surface area contributed by atoms with Gasteiger partial charge in [0.25, 0.3) is 0 Å². The van der Waals surface area contributed by atoms with E-state index in [9.17, 15) is 13.6 Å². The molecule has 0 radical (unpaired) electrons. The van der Waals surface area contributed by atoms with Gasteiger partial charge in [0.05, 0.1) is 25.7 Å². The van der Waals surface area contributed by atoms with Crippen LogP contribution in [0.3, 0.4) is 0 Å². The Morgan fingerprint density at radius 2 is 1.74 bits per heavy atom. The van der Waals surface area contributed by atoms with Gasteiger partial charge in [-0.2, -0.15) is 5.10 Å². The lowest BCUT2D eigenvalue weighted by Crippen LogP contribution is -2.46. The Morgan fingerprint density at radius 3 is 2.43 bits per heavy atom. The molecule has 3 N–H and O–H groups in total. The topological polar surface area (TPSA) is 117 Å². The fraction of sp³-hybridized carbons (Fsp3) is 0.486. The van der Waals surface area contributed by atoms with Crippen molar-refractivity contribution in [2.75, 3.05) is 37.4 Å². The summed E-state index contributed by atoms with van der Waals surface area (Å²) in [5, 5.41) is 13.4. The Hall–Kier alpha value is -4.32. The van der Waals surface area contributed by atoms with Crippen molar-refractivity contribution in [3.05, 3.63) is 60.1 Å². The predicted octanol–water partition coefficient (Wildman–Crippen LogP) is 7.12. The highest BCUT2D eigenvalue weighted by Crippen LogP contribution is 2.45. The average Bonchev–Trinajstić information content (AvgIpc) is 3.61. The number of aromatic amines is 1. The molecule has 1 aliphatic rings. The third-order valence-electron chi connectivity index (χ3n) is 8.64. The standard InChI is InChI=1S/C35H45F2N7O3/c1-34(2,3)26-9-11-44(32(26)35(4,5)6)10-8-12-47-29-19-27-25(18-28(29)46-7)33(39-20-38-27)41-30-16-24(42-43-30)17-31(45)40-23-14-21(36)13-22(37)15-23/h13-16,18-20,26,32H,8-12,17H2,1-7H3,(H,40,45)(H2,38,39,41,42,43). The molecule has 3 heterocycles. The van der Waals surface area contributed by atoms with Gasteiger partial charge in [-0.15, -0.1) is 0 Å². The highest BCUT2D eigenvalue weighted by atomic mass is 19.1. The maximum atomic E-state index is 13.5. The van der Waals surface area contributed by atoms with Gasteiger partial charge >= 0.3 is 0 Å². The molecule has 4 aromatic rings. The lowest BCUT2D eigenvalue weighted by molar-refractivity contribution is -0.115. The molecule has 5 rings (SSSR count). The van der Waals surface area contributed by atoms with E-state index in [1.165, 1.54) is 12.7 Å². The number of anilines is 3. The maximum Gasteiger partial charge on any atom is 0.230 e. The van der Waals surface area contributed by atoms with Gasteiger partial charge < -0.3 is 20.1 Å². The number of hydrogen-bond donors (Lipinski definition) is 3. The minimum absolute atomic E-state index is 0.0325. The first-order chi connectivity index (χ1) is 22.2. The first-order valence-corrected chi connectivity index (χ1v) is 16.0. The van der Waals surface area contributed by atoms with Crippen LogP contribution < -0.4 is 20.1 Å². The third kappa shape index (κ3) is 8.34. The number of hydrogen-bond acceptors (Lipinski definition) is 8. The number of likely N-dealkylation sites (tertiary alicyclic amines) is 1. The van der Waals surface area contributed by atoms with Crippen molar-refractivity contribution in [2.24, 2.45) is 16.7 Å². The summed E-state index contributed by atoms with van der Waals surface area (Å²) in [6.07, 6.45) is 3.47. The second-order valence-corrected chi connectivity index (χ2v) is 14.3. The van der Waals surface area contributed by atoms with Crippen molar-refractivity contribution in [3.63, 3.8) is 0 Å². The van der Waals surface area contributed by atoms with Crippen molar-refractivity contribution in [2.45, 2.75) is 66.8 Å². The number of fused-ring (bicyclic) bond motifs is 1. The lowest BCUT2D eigenvalue weighted by Gasteiger charge is -2.43. The van der Waals surface area contributed by atoms with E-state index in [2.05, 4.69) is 77.2 Å². The van der Waals surface area contributed by atoms with Gasteiger partial charge in [0.2, 0.25) is 5.91 Å². The molecule has 2 atom stereocenters. The van der Waals surface area contributed by atoms with Gasteiger partial charge in [0.15, 0.2) is 17.3 Å². The SMILES string of the molecule is COc1cc2c(Nc3cc(CC(=O)Nc4cc(F)cc(F)c4)[nH]n3)ncnc2cc1OCCCN1CCC(C(C)(C)C)C1C(C)(C)C. The zero-order valence-electron chi connectivity index (χ0n) is 28.2. The van der Waals surface area contributed by atoms with Crippen LogP contribution in [0.5, 0.6) is 11.5 Å². The quantitative estimate of drug-likeness (QED) is 0.147. The zero-order chi connectivity index (χ0) is 33.9. The Balaban J connectivity index is 1.21. The first-order valence-electron chi connectivity index (χ1n) is 16.0. The number of benzene rings is 2. The predicted molar refractivity (Wildman–Crippen MR) is 179 cm³/mol. The molecular weight excluding hydrogens is 604 g/mol. The number of amides is 1. The second kappa shape index (κ2) is 13.8. The molecule has 12 heteroatoms. The molecule has 2 aromatic carbocycles. The van der Waals surface area contributed by atoms with E-state index in [4.69, 9.17) is 9.47 Å². The first kappa shape index (κ1) is 34.0. The van der Waals surface area contributed by atoms with E-state index in [-0.39, 0.29) is 22.9 Å². The summed E-state index contributed by atoms with van der Waals surface area (Å²) < 4.78 is 38.8. The van der Waals surface area contributed by atoms with E-state index in [1.54, 1.807) is 13.2 Å². The molecule has 0 bridgehead atoms. The van der Waals surface area contributed by atoms with Crippen molar-refractivity contribution < 1.29 is 23.0 Å². The number of aromatic nitrogens is 4. The number of nitrogens with one attached hydrogen (secondary N) is 3. The highest BCUT2D eigenvalue weighted by molar-refractivity contribution is 5.93. The van der Waals surface area contributed by atoms with Gasteiger partial charge in [0, 0.05) is 47.6 Å². The molecule has 10 nitrogen and oxygen atoms in total. The van der Waals surface area contributed by atoms with Crippen LogP contribution in [0, 0.1) is 28.4 Å². The molecule has 0 spiro atoms. The Bertz CT molecular complexity index is 1690. The summed E-state index contributed by atoms with van der Waals surface area (Å²) in [6.45, 7) is 16.7. The lowest BCUT2D eigenvalue weighted by atomic mass is 9.69. The van der Waals surface area contributed by atoms with E-state index in [0.717, 1.165) is 37.7 Å². The molecule has 0 saturated carbocycles. The summed E-state index contributed by atoms with van der Waals surface area (Å²) in [5.74, 6) is 0.726. The second-order valence-electron chi connectivity index (χ2n) is 14.3. The van der Waals surface area contributed by atoms with Crippen LogP contribution in [0.1, 0.15) is 60.1 Å². The zero-order valence-corrected chi connectivity index (χ0v) is 28.2. The normalized spacial score (nSPS) is 17.2. The summed E-state index contributed by atoms with van der Waals surface area (Å²) in [7, 11) is 1.60. The number of carbonyl (C=O) groups excluding carboxylic acids is 1. The molecular formula is C35H45F2N7O3. The van der Waals surface area contributed by atoms with E-state index in [0.29, 0.717) is 58.3 Å². The summed E-state index contributed by atoms with van der Waals surface area (Å²) in [4.78, 5) is 23.9. The van der Waals surface area contributed by atoms with E-state index >= 15 is 0 Å². The number of methoxy groups -OCH3 is 1. The summed E-state index contributed by atoms with van der Waals surface area (Å²) in [5.41, 5.74) is 1.65. The Kier molecular flexibility index (Phi) is 10.00. The van der Waals surface area contributed by atoms with Gasteiger partial charge in [0.1, 0.15) is 23.8 Å². The summed E-state index contributed by atoms with van der Waals surface area (Å²) >= 11 is 0. The van der Waals surface area contributed by atoms with Crippen LogP contribution in [0.25, 0.3) is 10.9 Å². The van der Waals surface area contributed by atoms with Crippen LogP contribution in [0.4, 0.5) is 26.1 Å².